The molecule has 0 aliphatic heterocycles. The van der Waals surface area contributed by atoms with E-state index in [1.54, 1.807) is 11.8 Å². The van der Waals surface area contributed by atoms with Gasteiger partial charge in [-0.15, -0.1) is 0 Å². The van der Waals surface area contributed by atoms with E-state index in [2.05, 4.69) is 24.3 Å². The molecule has 0 aromatic heterocycles. The molecule has 0 spiro atoms. The van der Waals surface area contributed by atoms with E-state index in [0.717, 1.165) is 18.5 Å². The molecule has 2 aromatic rings. The van der Waals surface area contributed by atoms with E-state index < -0.39 is 0 Å². The van der Waals surface area contributed by atoms with Gasteiger partial charge in [-0.05, 0) is 30.5 Å². The van der Waals surface area contributed by atoms with E-state index in [4.69, 9.17) is 4.74 Å². The second-order valence-electron chi connectivity index (χ2n) is 5.59. The number of hydrogen-bond donors (Lipinski definition) is 0. The molecule has 0 fully saturated rings. The molecule has 3 heteroatoms. The molecule has 2 rings (SSSR count). The van der Waals surface area contributed by atoms with Gasteiger partial charge in [0, 0.05) is 19.2 Å². The molecule has 1 amide bonds. The number of amides is 1. The first-order valence-corrected chi connectivity index (χ1v) is 8.37. The van der Waals surface area contributed by atoms with Crippen LogP contribution < -0.4 is 4.90 Å². The Morgan fingerprint density at radius 1 is 0.958 bits per heavy atom. The van der Waals surface area contributed by atoms with Gasteiger partial charge in [0.25, 0.3) is 0 Å². The van der Waals surface area contributed by atoms with Crippen LogP contribution in [0.5, 0.6) is 0 Å². The highest BCUT2D eigenvalue weighted by Gasteiger charge is 2.08. The van der Waals surface area contributed by atoms with Gasteiger partial charge in [-0.2, -0.15) is 0 Å². The van der Waals surface area contributed by atoms with Gasteiger partial charge >= 0.3 is 0 Å². The molecule has 0 saturated heterocycles. The van der Waals surface area contributed by atoms with Crippen LogP contribution in [0.1, 0.15) is 25.3 Å². The molecule has 24 heavy (non-hydrogen) atoms. The molecule has 0 radical (unpaired) electrons. The van der Waals surface area contributed by atoms with Crippen molar-refractivity contribution in [1.82, 2.24) is 0 Å². The second-order valence-corrected chi connectivity index (χ2v) is 5.59. The summed E-state index contributed by atoms with van der Waals surface area (Å²) < 4.78 is 5.64. The largest absolute Gasteiger partial charge is 0.376 e. The van der Waals surface area contributed by atoms with Crippen LogP contribution in [0.15, 0.2) is 72.8 Å². The molecule has 0 unspecified atom stereocenters. The molecular weight excluding hydrogens is 298 g/mol. The Balaban J connectivity index is 1.63. The van der Waals surface area contributed by atoms with Gasteiger partial charge in [-0.25, -0.2) is 0 Å². The summed E-state index contributed by atoms with van der Waals surface area (Å²) in [6.07, 6.45) is 5.96. The summed E-state index contributed by atoms with van der Waals surface area (Å²) in [6.45, 7) is 3.66. The average molecular weight is 323 g/mol. The van der Waals surface area contributed by atoms with Crippen LogP contribution in [0.2, 0.25) is 0 Å². The molecule has 3 nitrogen and oxygen atoms in total. The Labute approximate surface area is 144 Å². The van der Waals surface area contributed by atoms with Gasteiger partial charge in [0.05, 0.1) is 13.2 Å². The van der Waals surface area contributed by atoms with Crippen molar-refractivity contribution in [1.29, 1.82) is 0 Å². The first-order valence-electron chi connectivity index (χ1n) is 8.37. The fourth-order valence-electron chi connectivity index (χ4n) is 2.43. The summed E-state index contributed by atoms with van der Waals surface area (Å²) in [6, 6.07) is 20.0. The van der Waals surface area contributed by atoms with Crippen molar-refractivity contribution in [3.8, 4) is 0 Å². The Hall–Kier alpha value is -2.39. The highest BCUT2D eigenvalue weighted by Crippen LogP contribution is 2.13. The predicted octanol–water partition coefficient (Wildman–Crippen LogP) is 4.59. The maximum absolute atomic E-state index is 11.8. The lowest BCUT2D eigenvalue weighted by Crippen LogP contribution is -2.29. The fourth-order valence-corrected chi connectivity index (χ4v) is 2.43. The minimum absolute atomic E-state index is 0.0702. The number of anilines is 1. The van der Waals surface area contributed by atoms with Crippen LogP contribution >= 0.6 is 0 Å². The number of nitrogens with zero attached hydrogens (tertiary/aromatic N) is 1. The SMILES string of the molecule is CC(=O)N(CC/C=C\CCOCc1ccccc1)c1ccccc1. The quantitative estimate of drug-likeness (QED) is 0.499. The van der Waals surface area contributed by atoms with E-state index in [9.17, 15) is 4.79 Å². The molecule has 0 saturated carbocycles. The first-order chi connectivity index (χ1) is 11.8. The minimum atomic E-state index is 0.0702. The van der Waals surface area contributed by atoms with Crippen molar-refractivity contribution in [3.63, 3.8) is 0 Å². The molecule has 0 aliphatic carbocycles. The molecule has 0 bridgehead atoms. The summed E-state index contributed by atoms with van der Waals surface area (Å²) in [5.74, 6) is 0.0702. The number of carbonyl (C=O) groups excluding carboxylic acids is 1. The van der Waals surface area contributed by atoms with E-state index in [1.165, 1.54) is 5.56 Å². The van der Waals surface area contributed by atoms with Crippen LogP contribution in [0.4, 0.5) is 5.69 Å². The zero-order valence-electron chi connectivity index (χ0n) is 14.2. The van der Waals surface area contributed by atoms with E-state index >= 15 is 0 Å². The van der Waals surface area contributed by atoms with Crippen molar-refractivity contribution >= 4 is 11.6 Å². The fraction of sp³-hybridized carbons (Fsp3) is 0.286. The Morgan fingerprint density at radius 3 is 2.25 bits per heavy atom. The number of ether oxygens (including phenoxy) is 1. The third-order valence-corrected chi connectivity index (χ3v) is 3.67. The Kier molecular flexibility index (Phi) is 7.78. The topological polar surface area (TPSA) is 29.5 Å². The third-order valence-electron chi connectivity index (χ3n) is 3.67. The number of benzene rings is 2. The van der Waals surface area contributed by atoms with Gasteiger partial charge < -0.3 is 9.64 Å². The molecule has 0 aliphatic rings. The van der Waals surface area contributed by atoms with Gasteiger partial charge in [0.2, 0.25) is 5.91 Å². The summed E-state index contributed by atoms with van der Waals surface area (Å²) in [5, 5.41) is 0. The van der Waals surface area contributed by atoms with Crippen molar-refractivity contribution in [2.24, 2.45) is 0 Å². The lowest BCUT2D eigenvalue weighted by atomic mass is 10.2. The number of para-hydroxylation sites is 1. The van der Waals surface area contributed by atoms with Crippen molar-refractivity contribution in [2.75, 3.05) is 18.1 Å². The maximum Gasteiger partial charge on any atom is 0.223 e. The van der Waals surface area contributed by atoms with Crippen LogP contribution in [-0.4, -0.2) is 19.1 Å². The van der Waals surface area contributed by atoms with Crippen LogP contribution in [0.25, 0.3) is 0 Å². The maximum atomic E-state index is 11.8. The van der Waals surface area contributed by atoms with E-state index in [1.807, 2.05) is 48.5 Å². The first kappa shape index (κ1) is 18.0. The molecule has 0 atom stereocenters. The van der Waals surface area contributed by atoms with Crippen LogP contribution in [-0.2, 0) is 16.1 Å². The lowest BCUT2D eigenvalue weighted by molar-refractivity contribution is -0.116. The van der Waals surface area contributed by atoms with Gasteiger partial charge in [0.1, 0.15) is 0 Å². The Bertz CT molecular complexity index is 623. The highest BCUT2D eigenvalue weighted by molar-refractivity contribution is 5.91. The van der Waals surface area contributed by atoms with E-state index in [-0.39, 0.29) is 5.91 Å². The molecule has 0 heterocycles. The summed E-state index contributed by atoms with van der Waals surface area (Å²) in [7, 11) is 0. The van der Waals surface area contributed by atoms with Crippen LogP contribution in [0.3, 0.4) is 0 Å². The standard InChI is InChI=1S/C21H25NO2/c1-19(23)22(21-14-8-5-9-15-21)16-10-2-3-11-17-24-18-20-12-6-4-7-13-20/h2-9,12-15H,10-11,16-18H2,1H3/b3-2-. The highest BCUT2D eigenvalue weighted by atomic mass is 16.5. The molecule has 0 N–H and O–H groups in total. The summed E-state index contributed by atoms with van der Waals surface area (Å²) >= 11 is 0. The molecule has 2 aromatic carbocycles. The average Bonchev–Trinajstić information content (AvgIpc) is 2.61. The second kappa shape index (κ2) is 10.4. The van der Waals surface area contributed by atoms with Crippen molar-refractivity contribution in [2.45, 2.75) is 26.4 Å². The smallest absolute Gasteiger partial charge is 0.223 e. The molecule has 126 valence electrons. The zero-order chi connectivity index (χ0) is 17.0. The summed E-state index contributed by atoms with van der Waals surface area (Å²) in [4.78, 5) is 13.6. The Morgan fingerprint density at radius 2 is 1.58 bits per heavy atom. The molecular formula is C21H25NO2. The zero-order valence-corrected chi connectivity index (χ0v) is 14.2. The summed E-state index contributed by atoms with van der Waals surface area (Å²) in [5.41, 5.74) is 2.14. The number of rotatable bonds is 9. The van der Waals surface area contributed by atoms with Gasteiger partial charge in [-0.3, -0.25) is 4.79 Å². The number of hydrogen-bond acceptors (Lipinski definition) is 2. The van der Waals surface area contributed by atoms with Crippen molar-refractivity contribution < 1.29 is 9.53 Å². The normalized spacial score (nSPS) is 10.9. The lowest BCUT2D eigenvalue weighted by Gasteiger charge is -2.20. The monoisotopic (exact) mass is 323 g/mol. The van der Waals surface area contributed by atoms with Gasteiger partial charge in [-0.1, -0.05) is 60.7 Å². The van der Waals surface area contributed by atoms with E-state index in [0.29, 0.717) is 19.8 Å². The predicted molar refractivity (Wildman–Crippen MR) is 98.9 cm³/mol. The number of carbonyl (C=O) groups is 1. The van der Waals surface area contributed by atoms with Crippen LogP contribution in [0, 0.1) is 0 Å². The minimum Gasteiger partial charge on any atom is -0.376 e. The third kappa shape index (κ3) is 6.39. The van der Waals surface area contributed by atoms with Gasteiger partial charge in [0.15, 0.2) is 0 Å². The van der Waals surface area contributed by atoms with Crippen molar-refractivity contribution in [3.05, 3.63) is 78.4 Å².